The van der Waals surface area contributed by atoms with Crippen LogP contribution >= 0.6 is 15.9 Å². The van der Waals surface area contributed by atoms with Crippen molar-refractivity contribution < 1.29 is 9.59 Å². The van der Waals surface area contributed by atoms with Crippen molar-refractivity contribution in [2.24, 2.45) is 5.10 Å². The third-order valence-electron chi connectivity index (χ3n) is 5.17. The molecule has 2 amide bonds. The number of rotatable bonds is 5. The Morgan fingerprint density at radius 3 is 2.62 bits per heavy atom. The zero-order valence-electron chi connectivity index (χ0n) is 16.0. The number of amides is 2. The van der Waals surface area contributed by atoms with E-state index in [0.29, 0.717) is 12.1 Å². The van der Waals surface area contributed by atoms with E-state index >= 15 is 0 Å². The summed E-state index contributed by atoms with van der Waals surface area (Å²) in [5, 5.41) is 9.92. The van der Waals surface area contributed by atoms with Gasteiger partial charge < -0.3 is 5.32 Å². The number of benzene rings is 2. The van der Waals surface area contributed by atoms with Crippen LogP contribution in [0.15, 0.2) is 58.1 Å². The van der Waals surface area contributed by atoms with E-state index in [1.165, 1.54) is 10.6 Å². The minimum Gasteiger partial charge on any atom is -0.324 e. The van der Waals surface area contributed by atoms with Gasteiger partial charge in [-0.1, -0.05) is 47.1 Å². The van der Waals surface area contributed by atoms with Gasteiger partial charge in [0.2, 0.25) is 5.91 Å². The summed E-state index contributed by atoms with van der Waals surface area (Å²) in [6, 6.07) is 15.4. The number of hydrazine groups is 1. The first-order valence-electron chi connectivity index (χ1n) is 9.57. The van der Waals surface area contributed by atoms with E-state index in [1.807, 2.05) is 12.1 Å². The number of carbonyl (C=O) groups excluding carboxylic acids is 2. The van der Waals surface area contributed by atoms with Crippen molar-refractivity contribution in [1.29, 1.82) is 0 Å². The van der Waals surface area contributed by atoms with E-state index in [0.717, 1.165) is 16.5 Å². The molecule has 0 bridgehead atoms. The molecule has 150 valence electrons. The Hall–Kier alpha value is -2.71. The van der Waals surface area contributed by atoms with E-state index in [9.17, 15) is 9.59 Å². The number of anilines is 1. The van der Waals surface area contributed by atoms with Gasteiger partial charge >= 0.3 is 0 Å². The molecule has 29 heavy (non-hydrogen) atoms. The van der Waals surface area contributed by atoms with Crippen LogP contribution in [0.5, 0.6) is 0 Å². The Morgan fingerprint density at radius 1 is 1.21 bits per heavy atom. The zero-order chi connectivity index (χ0) is 20.4. The number of hydrogen-bond acceptors (Lipinski definition) is 5. The van der Waals surface area contributed by atoms with Crippen molar-refractivity contribution >= 4 is 39.8 Å². The molecule has 1 fully saturated rings. The van der Waals surface area contributed by atoms with E-state index in [-0.39, 0.29) is 30.4 Å². The molecule has 2 atom stereocenters. The molecule has 2 aliphatic heterocycles. The lowest BCUT2D eigenvalue weighted by Gasteiger charge is -2.29. The normalized spacial score (nSPS) is 20.7. The molecule has 2 aliphatic rings. The van der Waals surface area contributed by atoms with E-state index in [2.05, 4.69) is 63.0 Å². The van der Waals surface area contributed by atoms with Crippen molar-refractivity contribution in [1.82, 2.24) is 15.4 Å². The van der Waals surface area contributed by atoms with Crippen LogP contribution in [-0.4, -0.2) is 40.8 Å². The molecule has 0 aromatic heterocycles. The summed E-state index contributed by atoms with van der Waals surface area (Å²) in [6.45, 7) is 2.01. The van der Waals surface area contributed by atoms with E-state index < -0.39 is 0 Å². The minimum absolute atomic E-state index is 0.0397. The first kappa shape index (κ1) is 19.6. The lowest BCUT2D eigenvalue weighted by Crippen LogP contribution is -2.52. The Labute approximate surface area is 177 Å². The Kier molecular flexibility index (Phi) is 5.64. The summed E-state index contributed by atoms with van der Waals surface area (Å²) in [6.07, 6.45) is 3.20. The van der Waals surface area contributed by atoms with Crippen molar-refractivity contribution in [3.05, 3.63) is 64.1 Å². The van der Waals surface area contributed by atoms with Crippen molar-refractivity contribution in [2.45, 2.75) is 31.8 Å². The number of hydrazone groups is 1. The highest BCUT2D eigenvalue weighted by Crippen LogP contribution is 2.29. The third-order valence-corrected chi connectivity index (χ3v) is 5.69. The fourth-order valence-corrected chi connectivity index (χ4v) is 3.79. The zero-order valence-corrected chi connectivity index (χ0v) is 17.6. The Morgan fingerprint density at radius 2 is 1.93 bits per heavy atom. The quantitative estimate of drug-likeness (QED) is 0.726. The standard InChI is InChI=1S/C21H22BrN5O2/c1-2-14-3-5-15(6-4-14)18-11-19-21(29)26(23-13-27(19)25-18)12-20(28)24-17-9-7-16(22)8-10-17/h3-10,13,18-19,25H,2,11-12H2,1H3,(H,24,28). The Bertz CT molecular complexity index is 929. The second kappa shape index (κ2) is 8.34. The number of nitrogens with zero attached hydrogens (tertiary/aromatic N) is 3. The average molecular weight is 456 g/mol. The predicted molar refractivity (Wildman–Crippen MR) is 115 cm³/mol. The largest absolute Gasteiger partial charge is 0.324 e. The topological polar surface area (TPSA) is 77.0 Å². The highest BCUT2D eigenvalue weighted by atomic mass is 79.9. The molecule has 2 aromatic carbocycles. The first-order valence-corrected chi connectivity index (χ1v) is 10.4. The van der Waals surface area contributed by atoms with Crippen molar-refractivity contribution in [3.8, 4) is 0 Å². The van der Waals surface area contributed by atoms with E-state index in [1.54, 1.807) is 23.5 Å². The van der Waals surface area contributed by atoms with Gasteiger partial charge in [-0.05, 0) is 48.2 Å². The van der Waals surface area contributed by atoms with Crippen LogP contribution < -0.4 is 10.7 Å². The van der Waals surface area contributed by atoms with Crippen LogP contribution in [0.4, 0.5) is 5.69 Å². The SMILES string of the molecule is CCc1ccc(C2CC3C(=O)N(CC(=O)Nc4ccc(Br)cc4)N=CN3N2)cc1. The summed E-state index contributed by atoms with van der Waals surface area (Å²) < 4.78 is 0.930. The molecule has 8 heteroatoms. The number of hydrogen-bond donors (Lipinski definition) is 2. The van der Waals surface area contributed by atoms with Crippen LogP contribution in [0.3, 0.4) is 0 Å². The minimum atomic E-state index is -0.371. The molecule has 0 spiro atoms. The highest BCUT2D eigenvalue weighted by Gasteiger charge is 2.41. The maximum Gasteiger partial charge on any atom is 0.267 e. The molecule has 0 radical (unpaired) electrons. The summed E-state index contributed by atoms with van der Waals surface area (Å²) in [7, 11) is 0. The fourth-order valence-electron chi connectivity index (χ4n) is 3.52. The van der Waals surface area contributed by atoms with Crippen LogP contribution in [-0.2, 0) is 16.0 Å². The maximum atomic E-state index is 12.9. The van der Waals surface area contributed by atoms with Gasteiger partial charge in [-0.2, -0.15) is 5.10 Å². The lowest BCUT2D eigenvalue weighted by molar-refractivity contribution is -0.139. The monoisotopic (exact) mass is 455 g/mol. The molecule has 2 heterocycles. The van der Waals surface area contributed by atoms with Gasteiger partial charge in [-0.15, -0.1) is 0 Å². The van der Waals surface area contributed by atoms with Crippen LogP contribution in [0.1, 0.15) is 30.5 Å². The number of fused-ring (bicyclic) bond motifs is 1. The van der Waals surface area contributed by atoms with Gasteiger partial charge in [0.15, 0.2) is 0 Å². The van der Waals surface area contributed by atoms with Crippen LogP contribution in [0, 0.1) is 0 Å². The molecule has 4 rings (SSSR count). The van der Waals surface area contributed by atoms with Gasteiger partial charge in [0, 0.05) is 10.2 Å². The summed E-state index contributed by atoms with van der Waals surface area (Å²) in [4.78, 5) is 25.2. The summed E-state index contributed by atoms with van der Waals surface area (Å²) >= 11 is 3.36. The lowest BCUT2D eigenvalue weighted by atomic mass is 9.99. The second-order valence-corrected chi connectivity index (χ2v) is 8.03. The van der Waals surface area contributed by atoms with Gasteiger partial charge in [0.25, 0.3) is 5.91 Å². The van der Waals surface area contributed by atoms with Gasteiger partial charge in [-0.25, -0.2) is 10.4 Å². The smallest absolute Gasteiger partial charge is 0.267 e. The molecular weight excluding hydrogens is 434 g/mol. The molecular formula is C21H22BrN5O2. The van der Waals surface area contributed by atoms with Crippen LogP contribution in [0.2, 0.25) is 0 Å². The maximum absolute atomic E-state index is 12.9. The number of carbonyl (C=O) groups is 2. The predicted octanol–water partition coefficient (Wildman–Crippen LogP) is 3.06. The van der Waals surface area contributed by atoms with E-state index in [4.69, 9.17) is 0 Å². The van der Waals surface area contributed by atoms with Crippen molar-refractivity contribution in [2.75, 3.05) is 11.9 Å². The second-order valence-electron chi connectivity index (χ2n) is 7.12. The van der Waals surface area contributed by atoms with Crippen LogP contribution in [0.25, 0.3) is 0 Å². The number of halogens is 1. The number of aryl methyl sites for hydroxylation is 1. The highest BCUT2D eigenvalue weighted by molar-refractivity contribution is 9.10. The molecule has 7 nitrogen and oxygen atoms in total. The average Bonchev–Trinajstić information content (AvgIpc) is 3.17. The molecule has 0 saturated carbocycles. The van der Waals surface area contributed by atoms with Gasteiger partial charge in [-0.3, -0.25) is 14.6 Å². The molecule has 1 saturated heterocycles. The van der Waals surface area contributed by atoms with Gasteiger partial charge in [0.05, 0.1) is 6.04 Å². The van der Waals surface area contributed by atoms with Crippen molar-refractivity contribution in [3.63, 3.8) is 0 Å². The molecule has 0 aliphatic carbocycles. The number of nitrogens with one attached hydrogen (secondary N) is 2. The first-order chi connectivity index (χ1) is 14.0. The Balaban J connectivity index is 1.38. The van der Waals surface area contributed by atoms with Gasteiger partial charge in [0.1, 0.15) is 18.9 Å². The molecule has 2 aromatic rings. The fraction of sp³-hybridized carbons (Fsp3) is 0.286. The third kappa shape index (κ3) is 4.33. The summed E-state index contributed by atoms with van der Waals surface area (Å²) in [5.74, 6) is -0.470. The molecule has 2 N–H and O–H groups in total. The summed E-state index contributed by atoms with van der Waals surface area (Å²) in [5.41, 5.74) is 6.42. The molecule has 2 unspecified atom stereocenters.